The van der Waals surface area contributed by atoms with Crippen LogP contribution in [-0.2, 0) is 0 Å². The highest BCUT2D eigenvalue weighted by Crippen LogP contribution is 2.16. The molecule has 1 aliphatic rings. The molecule has 0 amide bonds. The van der Waals surface area contributed by atoms with Gasteiger partial charge in [0.05, 0.1) is 0 Å². The summed E-state index contributed by atoms with van der Waals surface area (Å²) < 4.78 is 0. The quantitative estimate of drug-likeness (QED) is 0.615. The van der Waals surface area contributed by atoms with Crippen molar-refractivity contribution < 1.29 is 0 Å². The Kier molecular flexibility index (Phi) is 3.98. The minimum Gasteiger partial charge on any atom is -0.313 e. The molecule has 2 atom stereocenters. The van der Waals surface area contributed by atoms with Gasteiger partial charge in [-0.05, 0) is 26.3 Å². The second-order valence-electron chi connectivity index (χ2n) is 3.65. The van der Waals surface area contributed by atoms with Gasteiger partial charge in [-0.2, -0.15) is 0 Å². The molecule has 3 heteroatoms. The van der Waals surface area contributed by atoms with Gasteiger partial charge in [0, 0.05) is 18.6 Å². The second kappa shape index (κ2) is 4.80. The fraction of sp³-hybridized carbons (Fsp3) is 1.00. The molecule has 1 aliphatic heterocycles. The summed E-state index contributed by atoms with van der Waals surface area (Å²) in [4.78, 5) is 0. The lowest BCUT2D eigenvalue weighted by atomic mass is 9.98. The summed E-state index contributed by atoms with van der Waals surface area (Å²) in [6, 6.07) is 1.07. The van der Waals surface area contributed by atoms with Gasteiger partial charge in [0.1, 0.15) is 0 Å². The molecule has 0 radical (unpaired) electrons. The first-order chi connectivity index (χ1) is 5.75. The van der Waals surface area contributed by atoms with E-state index in [-0.39, 0.29) is 0 Å². The van der Waals surface area contributed by atoms with E-state index in [1.54, 1.807) is 0 Å². The lowest BCUT2D eigenvalue weighted by Crippen LogP contribution is -2.53. The molecule has 0 aromatic heterocycles. The van der Waals surface area contributed by atoms with E-state index in [9.17, 15) is 0 Å². The fourth-order valence-corrected chi connectivity index (χ4v) is 1.97. The molecule has 0 aliphatic carbocycles. The molecular formula is C9H21N3. The number of piperidine rings is 1. The molecule has 1 saturated heterocycles. The molecule has 0 aromatic carbocycles. The van der Waals surface area contributed by atoms with E-state index >= 15 is 0 Å². The van der Waals surface area contributed by atoms with Crippen molar-refractivity contribution in [3.05, 3.63) is 0 Å². The van der Waals surface area contributed by atoms with Crippen LogP contribution < -0.4 is 11.2 Å². The van der Waals surface area contributed by atoms with Crippen LogP contribution in [0.15, 0.2) is 0 Å². The molecule has 72 valence electrons. The molecule has 12 heavy (non-hydrogen) atoms. The molecule has 3 N–H and O–H groups in total. The van der Waals surface area contributed by atoms with E-state index in [4.69, 9.17) is 5.84 Å². The van der Waals surface area contributed by atoms with Gasteiger partial charge in [-0.25, -0.2) is 5.01 Å². The van der Waals surface area contributed by atoms with Crippen LogP contribution in [0.1, 0.15) is 33.1 Å². The van der Waals surface area contributed by atoms with Gasteiger partial charge in [0.25, 0.3) is 0 Å². The van der Waals surface area contributed by atoms with Gasteiger partial charge in [0.2, 0.25) is 0 Å². The van der Waals surface area contributed by atoms with Gasteiger partial charge in [-0.15, -0.1) is 0 Å². The normalized spacial score (nSPS) is 28.8. The maximum atomic E-state index is 5.90. The zero-order valence-corrected chi connectivity index (χ0v) is 8.21. The molecule has 0 saturated carbocycles. The van der Waals surface area contributed by atoms with Crippen LogP contribution in [-0.4, -0.2) is 30.2 Å². The number of hydrogen-bond acceptors (Lipinski definition) is 3. The molecule has 1 fully saturated rings. The Bertz CT molecular complexity index is 127. The number of likely N-dealkylation sites (N-methyl/N-ethyl adjacent to an activating group) is 1. The number of nitrogens with one attached hydrogen (secondary N) is 1. The first-order valence-corrected chi connectivity index (χ1v) is 5.00. The first kappa shape index (κ1) is 9.96. The average molecular weight is 171 g/mol. The SMILES string of the molecule is CCNC(C)C1CCCCN1N. The van der Waals surface area contributed by atoms with E-state index in [1.807, 2.05) is 5.01 Å². The predicted octanol–water partition coefficient (Wildman–Crippen LogP) is 0.713. The Morgan fingerprint density at radius 3 is 2.92 bits per heavy atom. The molecular weight excluding hydrogens is 150 g/mol. The highest BCUT2D eigenvalue weighted by atomic mass is 15.4. The average Bonchev–Trinajstić information content (AvgIpc) is 2.05. The lowest BCUT2D eigenvalue weighted by Gasteiger charge is -2.36. The highest BCUT2D eigenvalue weighted by molar-refractivity contribution is 4.81. The smallest absolute Gasteiger partial charge is 0.0391 e. The molecule has 0 aromatic rings. The standard InChI is InChI=1S/C9H21N3/c1-3-11-8(2)9-6-4-5-7-12(9)10/h8-9,11H,3-7,10H2,1-2H3. The van der Waals surface area contributed by atoms with Crippen LogP contribution in [0.4, 0.5) is 0 Å². The van der Waals surface area contributed by atoms with Crippen molar-refractivity contribution in [3.63, 3.8) is 0 Å². The second-order valence-corrected chi connectivity index (χ2v) is 3.65. The van der Waals surface area contributed by atoms with Crippen LogP contribution in [0.25, 0.3) is 0 Å². The first-order valence-electron chi connectivity index (χ1n) is 5.00. The van der Waals surface area contributed by atoms with Crippen molar-refractivity contribution >= 4 is 0 Å². The van der Waals surface area contributed by atoms with Crippen LogP contribution in [0.5, 0.6) is 0 Å². The Morgan fingerprint density at radius 1 is 1.58 bits per heavy atom. The molecule has 1 heterocycles. The number of hydrogen-bond donors (Lipinski definition) is 2. The summed E-state index contributed by atoms with van der Waals surface area (Å²) in [6.45, 7) is 6.45. The minimum absolute atomic E-state index is 0.528. The van der Waals surface area contributed by atoms with Crippen LogP contribution in [0, 0.1) is 0 Å². The molecule has 2 unspecified atom stereocenters. The third kappa shape index (κ3) is 2.44. The summed E-state index contributed by atoms with van der Waals surface area (Å²) in [5, 5.41) is 5.42. The number of nitrogens with zero attached hydrogens (tertiary/aromatic N) is 1. The van der Waals surface area contributed by atoms with Crippen molar-refractivity contribution in [1.29, 1.82) is 0 Å². The Hall–Kier alpha value is -0.120. The van der Waals surface area contributed by atoms with Crippen molar-refractivity contribution in [2.24, 2.45) is 5.84 Å². The Morgan fingerprint density at radius 2 is 2.33 bits per heavy atom. The van der Waals surface area contributed by atoms with Gasteiger partial charge < -0.3 is 5.32 Å². The molecule has 1 rings (SSSR count). The molecule has 0 spiro atoms. The molecule has 0 bridgehead atoms. The Labute approximate surface area is 75.3 Å². The topological polar surface area (TPSA) is 41.3 Å². The van der Waals surface area contributed by atoms with Gasteiger partial charge in [0.15, 0.2) is 0 Å². The maximum Gasteiger partial charge on any atom is 0.0391 e. The van der Waals surface area contributed by atoms with Gasteiger partial charge >= 0.3 is 0 Å². The zero-order chi connectivity index (χ0) is 8.97. The third-order valence-electron chi connectivity index (χ3n) is 2.70. The monoisotopic (exact) mass is 171 g/mol. The summed E-state index contributed by atoms with van der Waals surface area (Å²) >= 11 is 0. The fourth-order valence-electron chi connectivity index (χ4n) is 1.97. The number of rotatable bonds is 3. The van der Waals surface area contributed by atoms with E-state index in [0.29, 0.717) is 12.1 Å². The summed E-state index contributed by atoms with van der Waals surface area (Å²) in [6.07, 6.45) is 3.82. The zero-order valence-electron chi connectivity index (χ0n) is 8.21. The minimum atomic E-state index is 0.528. The van der Waals surface area contributed by atoms with Crippen LogP contribution in [0.3, 0.4) is 0 Å². The summed E-state index contributed by atoms with van der Waals surface area (Å²) in [5.41, 5.74) is 0. The van der Waals surface area contributed by atoms with Crippen LogP contribution in [0.2, 0.25) is 0 Å². The van der Waals surface area contributed by atoms with Crippen molar-refractivity contribution in [3.8, 4) is 0 Å². The van der Waals surface area contributed by atoms with E-state index in [0.717, 1.165) is 13.1 Å². The van der Waals surface area contributed by atoms with Crippen molar-refractivity contribution in [2.45, 2.75) is 45.2 Å². The van der Waals surface area contributed by atoms with Gasteiger partial charge in [-0.3, -0.25) is 5.84 Å². The Balaban J connectivity index is 2.36. The number of hydrazine groups is 1. The highest BCUT2D eigenvalue weighted by Gasteiger charge is 2.24. The summed E-state index contributed by atoms with van der Waals surface area (Å²) in [7, 11) is 0. The predicted molar refractivity (Wildman–Crippen MR) is 51.7 cm³/mol. The van der Waals surface area contributed by atoms with Gasteiger partial charge in [-0.1, -0.05) is 13.3 Å². The number of nitrogens with two attached hydrogens (primary N) is 1. The maximum absolute atomic E-state index is 5.90. The third-order valence-corrected chi connectivity index (χ3v) is 2.70. The van der Waals surface area contributed by atoms with E-state index < -0.39 is 0 Å². The van der Waals surface area contributed by atoms with E-state index in [1.165, 1.54) is 19.3 Å². The van der Waals surface area contributed by atoms with Crippen molar-refractivity contribution in [1.82, 2.24) is 10.3 Å². The van der Waals surface area contributed by atoms with Crippen LogP contribution >= 0.6 is 0 Å². The summed E-state index contributed by atoms with van der Waals surface area (Å²) in [5.74, 6) is 5.90. The lowest BCUT2D eigenvalue weighted by molar-refractivity contribution is 0.121. The molecule has 3 nitrogen and oxygen atoms in total. The largest absolute Gasteiger partial charge is 0.313 e. The van der Waals surface area contributed by atoms with E-state index in [2.05, 4.69) is 19.2 Å². The van der Waals surface area contributed by atoms with Crippen molar-refractivity contribution in [2.75, 3.05) is 13.1 Å².